The monoisotopic (exact) mass is 1640 g/mol. The smallest absolute Gasteiger partial charge is 0.493 e. The Kier molecular flexibility index (Phi) is 44.2. The summed E-state index contributed by atoms with van der Waals surface area (Å²) < 4.78 is 14.6. The molecule has 0 N–H and O–H groups in total. The van der Waals surface area contributed by atoms with Gasteiger partial charge in [0.2, 0.25) is 0 Å². The molecule has 10 rings (SSSR count). The third-order valence-corrected chi connectivity index (χ3v) is 25.1. The van der Waals surface area contributed by atoms with Crippen LogP contribution in [0.15, 0.2) is 67.0 Å². The molecule has 0 atom stereocenters. The molecule has 117 heavy (non-hydrogen) atoms. The van der Waals surface area contributed by atoms with Gasteiger partial charge in [-0.3, -0.25) is 4.98 Å². The molecule has 2 aliphatic heterocycles. The Morgan fingerprint density at radius 1 is 0.248 bits per heavy atom. The second-order valence-corrected chi connectivity index (χ2v) is 34.9. The summed E-state index contributed by atoms with van der Waals surface area (Å²) >= 11 is 0. The van der Waals surface area contributed by atoms with Gasteiger partial charge in [0.1, 0.15) is 11.5 Å². The van der Waals surface area contributed by atoms with Crippen molar-refractivity contribution >= 4 is 44.1 Å². The van der Waals surface area contributed by atoms with Crippen LogP contribution in [0.3, 0.4) is 0 Å². The number of fused-ring (bicyclic) bond motifs is 20. The largest absolute Gasteiger partial charge is 2.00 e. The third kappa shape index (κ3) is 28.6. The molecule has 0 fully saturated rings. The van der Waals surface area contributed by atoms with Crippen LogP contribution in [0.2, 0.25) is 0 Å². The van der Waals surface area contributed by atoms with Crippen LogP contribution in [0.4, 0.5) is 0 Å². The van der Waals surface area contributed by atoms with E-state index in [9.17, 15) is 0 Å². The van der Waals surface area contributed by atoms with Crippen molar-refractivity contribution < 1.29 is 29.0 Å². The zero-order valence-corrected chi connectivity index (χ0v) is 78.3. The number of hydrogen-bond donors (Lipinski definition) is 0. The van der Waals surface area contributed by atoms with Crippen LogP contribution in [0.1, 0.15) is 423 Å². The summed E-state index contributed by atoms with van der Waals surface area (Å²) in [6.45, 7) is 19.4. The first-order valence-electron chi connectivity index (χ1n) is 48.9. The number of aromatic nitrogens is 9. The van der Waals surface area contributed by atoms with Gasteiger partial charge in [0.05, 0.1) is 24.9 Å². The van der Waals surface area contributed by atoms with Crippen molar-refractivity contribution in [3.05, 3.63) is 100 Å². The van der Waals surface area contributed by atoms with Crippen LogP contribution in [-0.4, -0.2) is 48.1 Å². The van der Waals surface area contributed by atoms with E-state index in [4.69, 9.17) is 49.3 Å². The standard InChI is InChI=1S/C105H155N9O2.Zn/c1-9-17-25-31-37-43-49-55-61-81-67-68-82(62-56-50-44-38-32-26-18-10-2)90-89(81)98-107-99(90)109-101-92-84(64-58-52-46-40-34-28-20-12-4)70-72-86(66-60-54-48-42-36-30-22-14-6)94(92)103(111-101)113-105-96-95(88(115-77-23-15-7)79-87(80-73-75-106-76-74-80)97(96)116-78-24-16-8)104(114-105)112-102-93-85(65-59-53-47-41-35-29-21-13-5)71-69-83(91(93)100(108-98)110-102)63-57-51-45-39-33-27-19-11-3;/h67-76,79H,9-66,77-78H2,1-8H3;/q-2;+2. The fourth-order valence-electron chi connectivity index (χ4n) is 18.2. The first-order valence-corrected chi connectivity index (χ1v) is 48.9. The molecule has 6 heterocycles. The van der Waals surface area contributed by atoms with Crippen molar-refractivity contribution in [2.75, 3.05) is 13.2 Å². The molecule has 0 unspecified atom stereocenters. The van der Waals surface area contributed by atoms with E-state index in [0.717, 1.165) is 158 Å². The normalized spacial score (nSPS) is 11.9. The number of hydrogen-bond acceptors (Lipinski definition) is 9. The van der Waals surface area contributed by atoms with E-state index in [-0.39, 0.29) is 19.5 Å². The molecular formula is C105H155N9O2Zn. The van der Waals surface area contributed by atoms with Gasteiger partial charge < -0.3 is 34.4 Å². The molecule has 4 aromatic carbocycles. The van der Waals surface area contributed by atoms with Gasteiger partial charge in [-0.2, -0.15) is 0 Å². The maximum Gasteiger partial charge on any atom is 2.00 e. The van der Waals surface area contributed by atoms with Crippen molar-refractivity contribution in [3.63, 3.8) is 0 Å². The summed E-state index contributed by atoms with van der Waals surface area (Å²) in [5.41, 5.74) is 16.4. The van der Waals surface area contributed by atoms with Crippen LogP contribution in [-0.2, 0) is 58.0 Å². The van der Waals surface area contributed by atoms with Gasteiger partial charge >= 0.3 is 19.5 Å². The average molecular weight is 1640 g/mol. The van der Waals surface area contributed by atoms with Gasteiger partial charge in [0.25, 0.3) is 0 Å². The van der Waals surface area contributed by atoms with Crippen molar-refractivity contribution in [1.29, 1.82) is 0 Å². The number of benzene rings is 4. The Morgan fingerprint density at radius 3 is 0.829 bits per heavy atom. The molecule has 0 saturated carbocycles. The maximum absolute atomic E-state index is 7.34. The summed E-state index contributed by atoms with van der Waals surface area (Å²) in [6.07, 6.45) is 73.2. The Bertz CT molecular complexity index is 4330. The Morgan fingerprint density at radius 2 is 0.504 bits per heavy atom. The van der Waals surface area contributed by atoms with E-state index >= 15 is 0 Å². The predicted octanol–water partition coefficient (Wildman–Crippen LogP) is 31.6. The Balaban J connectivity index is 0.0000156. The van der Waals surface area contributed by atoms with Crippen molar-refractivity contribution in [2.24, 2.45) is 0 Å². The maximum atomic E-state index is 7.34. The summed E-state index contributed by atoms with van der Waals surface area (Å²) in [7, 11) is 0. The van der Waals surface area contributed by atoms with Gasteiger partial charge in [-0.25, -0.2) is 15.0 Å². The van der Waals surface area contributed by atoms with E-state index in [1.807, 2.05) is 12.4 Å². The molecule has 11 nitrogen and oxygen atoms in total. The van der Waals surface area contributed by atoms with Crippen LogP contribution in [0.5, 0.6) is 11.5 Å². The number of rotatable bonds is 63. The first-order chi connectivity index (χ1) is 57.4. The van der Waals surface area contributed by atoms with Crippen LogP contribution >= 0.6 is 0 Å². The number of nitrogens with zero attached hydrogens (tertiary/aromatic N) is 9. The van der Waals surface area contributed by atoms with E-state index in [1.165, 1.54) is 303 Å². The molecule has 12 heteroatoms. The second kappa shape index (κ2) is 54.8. The van der Waals surface area contributed by atoms with Gasteiger partial charge in [-0.1, -0.05) is 374 Å². The van der Waals surface area contributed by atoms with E-state index < -0.39 is 0 Å². The summed E-state index contributed by atoms with van der Waals surface area (Å²) in [4.78, 5) is 52.7. The summed E-state index contributed by atoms with van der Waals surface area (Å²) in [5, 5.41) is 3.74. The van der Waals surface area contributed by atoms with Crippen molar-refractivity contribution in [1.82, 2.24) is 44.9 Å². The minimum absolute atomic E-state index is 0. The molecular weight excluding hydrogens is 1480 g/mol. The summed E-state index contributed by atoms with van der Waals surface area (Å²) in [5.74, 6) is 4.19. The molecule has 0 amide bonds. The fraction of sp³-hybridized carbons (Fsp3) is 0.648. The van der Waals surface area contributed by atoms with Gasteiger partial charge in [0.15, 0.2) is 11.6 Å². The van der Waals surface area contributed by atoms with Gasteiger partial charge in [-0.05, 0) is 158 Å². The first kappa shape index (κ1) is 94.5. The second-order valence-electron chi connectivity index (χ2n) is 34.9. The zero-order chi connectivity index (χ0) is 81.0. The van der Waals surface area contributed by atoms with Gasteiger partial charge in [0, 0.05) is 73.6 Å². The van der Waals surface area contributed by atoms with Gasteiger partial charge in [-0.15, -0.1) is 0 Å². The Hall–Kier alpha value is -6.39. The molecule has 0 saturated heterocycles. The fourth-order valence-corrected chi connectivity index (χ4v) is 18.2. The zero-order valence-electron chi connectivity index (χ0n) is 75.3. The van der Waals surface area contributed by atoms with Crippen LogP contribution < -0.4 is 19.4 Å². The van der Waals surface area contributed by atoms with E-state index in [2.05, 4.69) is 115 Å². The molecule has 0 spiro atoms. The molecule has 2 aliphatic rings. The van der Waals surface area contributed by atoms with Crippen LogP contribution in [0.25, 0.3) is 101 Å². The molecule has 634 valence electrons. The molecule has 0 radical (unpaired) electrons. The Labute approximate surface area is 722 Å². The quantitative estimate of drug-likeness (QED) is 0.0266. The minimum atomic E-state index is 0. The molecule has 0 aliphatic carbocycles. The summed E-state index contributed by atoms with van der Waals surface area (Å²) in [6, 6.07) is 21.1. The third-order valence-electron chi connectivity index (χ3n) is 25.1. The number of ether oxygens (including phenoxy) is 2. The van der Waals surface area contributed by atoms with Crippen LogP contribution in [0, 0.1) is 0 Å². The van der Waals surface area contributed by atoms with Crippen molar-refractivity contribution in [3.8, 4) is 68.2 Å². The number of pyridine rings is 1. The molecule has 8 aromatic rings. The topological polar surface area (TPSA) is 137 Å². The predicted molar refractivity (Wildman–Crippen MR) is 496 cm³/mol. The SMILES string of the molecule is CCCCCCCCCCc1ccc(CCCCCCCCCC)c2c1-c1nc3nc(nc4[n-]c(nc5[n-]c(nc-2n1)c1c(CCCCCCCCCC)ccc(CCCCCCCCCC)c51)c1c(OCCCC)c(-c2ccncc2)cc(OCCCC)c41)-c1c(CCCCCCCCCC)ccc(CCCCCCCCCC)c1-3.[Zn+2]. The average Bonchev–Trinajstić information content (AvgIpc) is 1.58. The van der Waals surface area contributed by atoms with E-state index in [0.29, 0.717) is 70.6 Å². The number of aryl methyl sites for hydroxylation is 6. The van der Waals surface area contributed by atoms with Crippen molar-refractivity contribution in [2.45, 2.75) is 428 Å². The molecule has 4 aromatic heterocycles. The number of unbranched alkanes of at least 4 members (excludes halogenated alkanes) is 44. The molecule has 8 bridgehead atoms. The van der Waals surface area contributed by atoms with E-state index in [1.54, 1.807) is 0 Å². The minimum Gasteiger partial charge on any atom is -0.493 e.